The largest absolute Gasteiger partial charge is 0.481 e. The molecule has 8 nitrogen and oxygen atoms in total. The van der Waals surface area contributed by atoms with Gasteiger partial charge in [-0.15, -0.1) is 0 Å². The zero-order valence-electron chi connectivity index (χ0n) is 16.3. The van der Waals surface area contributed by atoms with Gasteiger partial charge in [0.1, 0.15) is 10.8 Å². The average molecular weight is 440 g/mol. The lowest BCUT2D eigenvalue weighted by Crippen LogP contribution is -2.35. The lowest BCUT2D eigenvalue weighted by molar-refractivity contribution is -0.136. The average Bonchev–Trinajstić information content (AvgIpc) is 2.94. The van der Waals surface area contributed by atoms with E-state index in [1.807, 2.05) is 32.9 Å². The number of hydrogen-bond donors (Lipinski definition) is 2. The van der Waals surface area contributed by atoms with Crippen LogP contribution in [0.2, 0.25) is 4.34 Å². The van der Waals surface area contributed by atoms with Crippen molar-refractivity contribution in [2.24, 2.45) is 5.92 Å². The summed E-state index contributed by atoms with van der Waals surface area (Å²) in [7, 11) is 0. The number of aryl methyl sites for hydroxylation is 1. The van der Waals surface area contributed by atoms with E-state index in [0.29, 0.717) is 12.3 Å². The van der Waals surface area contributed by atoms with Crippen LogP contribution in [0.4, 0.5) is 10.8 Å². The summed E-state index contributed by atoms with van der Waals surface area (Å²) >= 11 is 6.87. The molecule has 0 fully saturated rings. The van der Waals surface area contributed by atoms with E-state index in [4.69, 9.17) is 21.5 Å². The SMILES string of the molecule is Cc1ccc(N(OCC(C)C)C(=O)CC(=O)Nc2nc(CC(=O)O)c(Cl)s2)cc1. The van der Waals surface area contributed by atoms with E-state index in [1.54, 1.807) is 12.1 Å². The van der Waals surface area contributed by atoms with Gasteiger partial charge in [0.05, 0.1) is 24.4 Å². The number of halogens is 1. The molecule has 29 heavy (non-hydrogen) atoms. The van der Waals surface area contributed by atoms with Crippen molar-refractivity contribution in [1.82, 2.24) is 4.98 Å². The van der Waals surface area contributed by atoms with Crippen LogP contribution >= 0.6 is 22.9 Å². The minimum absolute atomic E-state index is 0.133. The molecule has 0 aliphatic rings. The minimum atomic E-state index is -1.08. The van der Waals surface area contributed by atoms with Crippen LogP contribution in [0.25, 0.3) is 0 Å². The molecule has 0 atom stereocenters. The molecule has 156 valence electrons. The van der Waals surface area contributed by atoms with E-state index >= 15 is 0 Å². The van der Waals surface area contributed by atoms with Crippen LogP contribution in [0, 0.1) is 12.8 Å². The topological polar surface area (TPSA) is 109 Å². The Labute approximate surface area is 177 Å². The number of hydrogen-bond acceptors (Lipinski definition) is 6. The van der Waals surface area contributed by atoms with Crippen LogP contribution in [0.1, 0.15) is 31.5 Å². The minimum Gasteiger partial charge on any atom is -0.481 e. The third-order valence-electron chi connectivity index (χ3n) is 3.56. The molecule has 2 N–H and O–H groups in total. The number of hydroxylamine groups is 1. The molecule has 1 aromatic carbocycles. The van der Waals surface area contributed by atoms with Crippen molar-refractivity contribution in [3.8, 4) is 0 Å². The maximum Gasteiger partial charge on any atom is 0.309 e. The van der Waals surface area contributed by atoms with Gasteiger partial charge in [0.2, 0.25) is 5.91 Å². The van der Waals surface area contributed by atoms with Gasteiger partial charge in [-0.1, -0.05) is 54.5 Å². The van der Waals surface area contributed by atoms with Crippen molar-refractivity contribution in [3.63, 3.8) is 0 Å². The number of anilines is 2. The van der Waals surface area contributed by atoms with Crippen molar-refractivity contribution >= 4 is 51.5 Å². The Morgan fingerprint density at radius 3 is 2.52 bits per heavy atom. The predicted molar refractivity (Wildman–Crippen MR) is 111 cm³/mol. The number of carboxylic acid groups (broad SMARTS) is 1. The van der Waals surface area contributed by atoms with Crippen molar-refractivity contribution in [1.29, 1.82) is 0 Å². The van der Waals surface area contributed by atoms with Crippen molar-refractivity contribution in [2.75, 3.05) is 17.0 Å². The highest BCUT2D eigenvalue weighted by atomic mass is 35.5. The van der Waals surface area contributed by atoms with E-state index in [9.17, 15) is 14.4 Å². The van der Waals surface area contributed by atoms with E-state index < -0.39 is 24.2 Å². The van der Waals surface area contributed by atoms with Gasteiger partial charge in [-0.3, -0.25) is 19.2 Å². The molecule has 0 radical (unpaired) electrons. The number of nitrogens with one attached hydrogen (secondary N) is 1. The second-order valence-corrected chi connectivity index (χ2v) is 8.35. The number of nitrogens with zero attached hydrogens (tertiary/aromatic N) is 2. The lowest BCUT2D eigenvalue weighted by atomic mass is 10.2. The predicted octanol–water partition coefficient (Wildman–Crippen LogP) is 3.68. The van der Waals surface area contributed by atoms with E-state index in [-0.39, 0.29) is 27.5 Å². The number of aliphatic carboxylic acids is 1. The Balaban J connectivity index is 2.06. The first kappa shape index (κ1) is 22.8. The number of benzene rings is 1. The van der Waals surface area contributed by atoms with Gasteiger partial charge in [-0.25, -0.2) is 4.98 Å². The molecular weight excluding hydrogens is 418 g/mol. The highest BCUT2D eigenvalue weighted by Crippen LogP contribution is 2.28. The highest BCUT2D eigenvalue weighted by molar-refractivity contribution is 7.19. The van der Waals surface area contributed by atoms with Crippen molar-refractivity contribution < 1.29 is 24.3 Å². The molecule has 0 saturated carbocycles. The Bertz CT molecular complexity index is 882. The summed E-state index contributed by atoms with van der Waals surface area (Å²) in [5, 5.41) is 12.6. The summed E-state index contributed by atoms with van der Waals surface area (Å²) in [5.41, 5.74) is 1.71. The maximum atomic E-state index is 12.7. The maximum absolute atomic E-state index is 12.7. The zero-order valence-corrected chi connectivity index (χ0v) is 17.8. The smallest absolute Gasteiger partial charge is 0.309 e. The lowest BCUT2D eigenvalue weighted by Gasteiger charge is -2.23. The molecule has 0 aliphatic heterocycles. The number of carbonyl (C=O) groups excluding carboxylic acids is 2. The summed E-state index contributed by atoms with van der Waals surface area (Å²) in [6.07, 6.45) is -0.828. The standard InChI is InChI=1S/C19H22ClN3O5S/c1-11(2)10-28-23(13-6-4-12(3)5-7-13)16(25)9-15(24)22-19-21-14(8-17(26)27)18(20)29-19/h4-7,11H,8-10H2,1-3H3,(H,26,27)(H,21,22,24). The molecule has 0 aliphatic carbocycles. The van der Waals surface area contributed by atoms with Gasteiger partial charge >= 0.3 is 5.97 Å². The summed E-state index contributed by atoms with van der Waals surface area (Å²) in [4.78, 5) is 45.4. The van der Waals surface area contributed by atoms with Gasteiger partial charge in [-0.2, -0.15) is 5.06 Å². The van der Waals surface area contributed by atoms with Gasteiger partial charge in [0.25, 0.3) is 5.91 Å². The fraction of sp³-hybridized carbons (Fsp3) is 0.368. The highest BCUT2D eigenvalue weighted by Gasteiger charge is 2.22. The molecule has 1 aromatic heterocycles. The van der Waals surface area contributed by atoms with Gasteiger partial charge in [0, 0.05) is 0 Å². The summed E-state index contributed by atoms with van der Waals surface area (Å²) in [6, 6.07) is 7.17. The summed E-state index contributed by atoms with van der Waals surface area (Å²) in [6.45, 7) is 6.13. The van der Waals surface area contributed by atoms with Crippen LogP contribution in [0.5, 0.6) is 0 Å². The third-order valence-corrected chi connectivity index (χ3v) is 4.81. The Morgan fingerprint density at radius 1 is 1.28 bits per heavy atom. The summed E-state index contributed by atoms with van der Waals surface area (Å²) < 4.78 is 0.176. The fourth-order valence-corrected chi connectivity index (χ4v) is 3.26. The van der Waals surface area contributed by atoms with Crippen LogP contribution < -0.4 is 10.4 Å². The van der Waals surface area contributed by atoms with Crippen LogP contribution in [-0.2, 0) is 25.6 Å². The van der Waals surface area contributed by atoms with Gasteiger partial charge < -0.3 is 10.4 Å². The number of amides is 2. The Morgan fingerprint density at radius 2 is 1.93 bits per heavy atom. The first-order valence-corrected chi connectivity index (χ1v) is 10.0. The number of aromatic nitrogens is 1. The zero-order chi connectivity index (χ0) is 21.6. The molecule has 2 amide bonds. The van der Waals surface area contributed by atoms with Crippen LogP contribution in [0.3, 0.4) is 0 Å². The Kier molecular flexibility index (Phi) is 8.12. The van der Waals surface area contributed by atoms with Crippen molar-refractivity contribution in [3.05, 3.63) is 39.9 Å². The first-order chi connectivity index (χ1) is 13.7. The second-order valence-electron chi connectivity index (χ2n) is 6.75. The van der Waals surface area contributed by atoms with E-state index in [2.05, 4.69) is 10.3 Å². The van der Waals surface area contributed by atoms with E-state index in [0.717, 1.165) is 22.0 Å². The van der Waals surface area contributed by atoms with Crippen LogP contribution in [-0.4, -0.2) is 34.5 Å². The number of rotatable bonds is 9. The molecule has 0 unspecified atom stereocenters. The van der Waals surface area contributed by atoms with Gasteiger partial charge in [0.15, 0.2) is 5.13 Å². The molecular formula is C19H22ClN3O5S. The van der Waals surface area contributed by atoms with Crippen LogP contribution in [0.15, 0.2) is 24.3 Å². The third kappa shape index (κ3) is 7.12. The molecule has 1 heterocycles. The van der Waals surface area contributed by atoms with E-state index in [1.165, 1.54) is 0 Å². The normalized spacial score (nSPS) is 10.8. The second kappa shape index (κ2) is 10.3. The number of carbonyl (C=O) groups is 3. The monoisotopic (exact) mass is 439 g/mol. The Hall–Kier alpha value is -2.49. The molecule has 0 saturated heterocycles. The molecule has 0 spiro atoms. The first-order valence-electron chi connectivity index (χ1n) is 8.85. The molecule has 0 bridgehead atoms. The number of carboxylic acids is 1. The van der Waals surface area contributed by atoms with Gasteiger partial charge in [-0.05, 0) is 25.0 Å². The molecule has 10 heteroatoms. The molecule has 2 rings (SSSR count). The quantitative estimate of drug-likeness (QED) is 0.455. The fourth-order valence-electron chi connectivity index (χ4n) is 2.21. The van der Waals surface area contributed by atoms with Crippen molar-refractivity contribution in [2.45, 2.75) is 33.6 Å². The number of thiazole rings is 1. The summed E-state index contributed by atoms with van der Waals surface area (Å²) in [5.74, 6) is -2.04. The molecule has 2 aromatic rings.